The fraction of sp³-hybridized carbons (Fsp3) is 0.208. The van der Waals surface area contributed by atoms with Crippen molar-refractivity contribution in [3.8, 4) is 11.4 Å². The van der Waals surface area contributed by atoms with E-state index in [0.717, 1.165) is 41.2 Å². The van der Waals surface area contributed by atoms with Crippen LogP contribution in [0.15, 0.2) is 67.3 Å². The van der Waals surface area contributed by atoms with Gasteiger partial charge in [0.05, 0.1) is 24.3 Å². The van der Waals surface area contributed by atoms with Crippen LogP contribution in [-0.4, -0.2) is 19.5 Å². The van der Waals surface area contributed by atoms with E-state index in [9.17, 15) is 0 Å². The Morgan fingerprint density at radius 1 is 0.893 bits per heavy atom. The molecule has 3 aromatic heterocycles. The second kappa shape index (κ2) is 7.77. The molecule has 0 saturated carbocycles. The first-order chi connectivity index (χ1) is 13.6. The van der Waals surface area contributed by atoms with Gasteiger partial charge in [-0.05, 0) is 49.6 Å². The van der Waals surface area contributed by atoms with Crippen LogP contribution in [-0.2, 0) is 13.0 Å². The third kappa shape index (κ3) is 4.01. The van der Waals surface area contributed by atoms with Gasteiger partial charge in [0.1, 0.15) is 0 Å². The maximum atomic E-state index is 4.70. The van der Waals surface area contributed by atoms with Gasteiger partial charge in [-0.3, -0.25) is 9.97 Å². The van der Waals surface area contributed by atoms with Crippen molar-refractivity contribution in [1.82, 2.24) is 19.5 Å². The van der Waals surface area contributed by atoms with Crippen LogP contribution in [0.2, 0.25) is 0 Å². The molecule has 0 aliphatic carbocycles. The molecule has 0 aliphatic rings. The molecule has 0 radical (unpaired) electrons. The molecule has 4 heteroatoms. The van der Waals surface area contributed by atoms with E-state index in [-0.39, 0.29) is 0 Å². The summed E-state index contributed by atoms with van der Waals surface area (Å²) < 4.78 is 2.20. The van der Waals surface area contributed by atoms with Gasteiger partial charge in [0, 0.05) is 30.2 Å². The summed E-state index contributed by atoms with van der Waals surface area (Å²) in [7, 11) is 0. The molecule has 0 spiro atoms. The van der Waals surface area contributed by atoms with Gasteiger partial charge in [0.2, 0.25) is 0 Å². The van der Waals surface area contributed by atoms with Crippen LogP contribution in [0, 0.1) is 20.8 Å². The lowest BCUT2D eigenvalue weighted by molar-refractivity contribution is 0.750. The molecular weight excluding hydrogens is 344 g/mol. The van der Waals surface area contributed by atoms with E-state index in [1.54, 1.807) is 0 Å². The lowest BCUT2D eigenvalue weighted by Crippen LogP contribution is -2.05. The molecule has 0 bridgehead atoms. The number of hydrogen-bond acceptors (Lipinski definition) is 3. The number of imidazole rings is 1. The predicted molar refractivity (Wildman–Crippen MR) is 112 cm³/mol. The van der Waals surface area contributed by atoms with Crippen molar-refractivity contribution in [1.29, 1.82) is 0 Å². The lowest BCUT2D eigenvalue weighted by Gasteiger charge is -2.11. The molecule has 4 rings (SSSR count). The van der Waals surface area contributed by atoms with E-state index < -0.39 is 0 Å². The molecule has 0 saturated heterocycles. The zero-order chi connectivity index (χ0) is 19.5. The van der Waals surface area contributed by atoms with Crippen molar-refractivity contribution in [3.63, 3.8) is 0 Å². The molecular formula is C24H24N4. The first-order valence-electron chi connectivity index (χ1n) is 9.52. The van der Waals surface area contributed by atoms with Crippen molar-refractivity contribution in [2.24, 2.45) is 0 Å². The maximum Gasteiger partial charge on any atom is 0.0951 e. The smallest absolute Gasteiger partial charge is 0.0951 e. The normalized spacial score (nSPS) is 11.0. The summed E-state index contributed by atoms with van der Waals surface area (Å²) in [5.41, 5.74) is 8.95. The molecule has 0 atom stereocenters. The van der Waals surface area contributed by atoms with E-state index in [4.69, 9.17) is 4.98 Å². The second-order valence-corrected chi connectivity index (χ2v) is 7.35. The highest BCUT2D eigenvalue weighted by Crippen LogP contribution is 2.21. The van der Waals surface area contributed by atoms with Crippen LogP contribution in [0.3, 0.4) is 0 Å². The van der Waals surface area contributed by atoms with Gasteiger partial charge >= 0.3 is 0 Å². The Balaban J connectivity index is 1.56. The summed E-state index contributed by atoms with van der Waals surface area (Å²) in [4.78, 5) is 13.7. The largest absolute Gasteiger partial charge is 0.330 e. The van der Waals surface area contributed by atoms with E-state index in [2.05, 4.69) is 58.7 Å². The van der Waals surface area contributed by atoms with Gasteiger partial charge in [0.15, 0.2) is 0 Å². The van der Waals surface area contributed by atoms with Crippen molar-refractivity contribution in [2.75, 3.05) is 0 Å². The highest BCUT2D eigenvalue weighted by atomic mass is 15.0. The number of benzene rings is 1. The SMILES string of the molecule is Cc1cccc(Cc2cncn2Cc2cnc(-c3cccc(C)n3)c(C)c2)c1. The highest BCUT2D eigenvalue weighted by molar-refractivity contribution is 5.58. The minimum Gasteiger partial charge on any atom is -0.330 e. The molecule has 0 aliphatic heterocycles. The predicted octanol–water partition coefficient (Wildman–Crippen LogP) is 4.90. The average molecular weight is 368 g/mol. The zero-order valence-electron chi connectivity index (χ0n) is 16.6. The maximum absolute atomic E-state index is 4.70. The van der Waals surface area contributed by atoms with Gasteiger partial charge < -0.3 is 4.57 Å². The molecule has 1 aromatic carbocycles. The fourth-order valence-corrected chi connectivity index (χ4v) is 3.53. The molecule has 0 amide bonds. The molecule has 4 aromatic rings. The van der Waals surface area contributed by atoms with E-state index >= 15 is 0 Å². The monoisotopic (exact) mass is 368 g/mol. The van der Waals surface area contributed by atoms with Crippen LogP contribution < -0.4 is 0 Å². The Labute approximate surface area is 166 Å². The van der Waals surface area contributed by atoms with Crippen LogP contribution in [0.25, 0.3) is 11.4 Å². The Morgan fingerprint density at radius 3 is 2.54 bits per heavy atom. The topological polar surface area (TPSA) is 43.6 Å². The first kappa shape index (κ1) is 18.1. The molecule has 0 unspecified atom stereocenters. The molecule has 4 nitrogen and oxygen atoms in total. The van der Waals surface area contributed by atoms with Crippen LogP contribution in [0.5, 0.6) is 0 Å². The Bertz CT molecular complexity index is 1110. The van der Waals surface area contributed by atoms with E-state index in [0.29, 0.717) is 0 Å². The van der Waals surface area contributed by atoms with Crippen molar-refractivity contribution in [2.45, 2.75) is 33.7 Å². The number of aromatic nitrogens is 4. The summed E-state index contributed by atoms with van der Waals surface area (Å²) in [6.07, 6.45) is 6.67. The summed E-state index contributed by atoms with van der Waals surface area (Å²) in [5, 5.41) is 0. The average Bonchev–Trinajstić information content (AvgIpc) is 3.08. The number of aryl methyl sites for hydroxylation is 3. The molecule has 0 fully saturated rings. The fourth-order valence-electron chi connectivity index (χ4n) is 3.53. The molecule has 3 heterocycles. The van der Waals surface area contributed by atoms with Crippen molar-refractivity contribution in [3.05, 3.63) is 101 Å². The highest BCUT2D eigenvalue weighted by Gasteiger charge is 2.09. The molecule has 28 heavy (non-hydrogen) atoms. The van der Waals surface area contributed by atoms with Gasteiger partial charge in [-0.15, -0.1) is 0 Å². The minimum absolute atomic E-state index is 0.760. The Morgan fingerprint density at radius 2 is 1.75 bits per heavy atom. The van der Waals surface area contributed by atoms with Crippen LogP contribution in [0.4, 0.5) is 0 Å². The molecule has 140 valence electrons. The summed E-state index contributed by atoms with van der Waals surface area (Å²) >= 11 is 0. The number of rotatable bonds is 5. The summed E-state index contributed by atoms with van der Waals surface area (Å²) in [5.74, 6) is 0. The second-order valence-electron chi connectivity index (χ2n) is 7.35. The summed E-state index contributed by atoms with van der Waals surface area (Å²) in [6, 6.07) is 16.9. The van der Waals surface area contributed by atoms with Gasteiger partial charge in [-0.25, -0.2) is 4.98 Å². The summed E-state index contributed by atoms with van der Waals surface area (Å²) in [6.45, 7) is 6.98. The van der Waals surface area contributed by atoms with Crippen molar-refractivity contribution < 1.29 is 0 Å². The minimum atomic E-state index is 0.760. The lowest BCUT2D eigenvalue weighted by atomic mass is 10.1. The molecule has 0 N–H and O–H groups in total. The number of nitrogens with zero attached hydrogens (tertiary/aromatic N) is 4. The Kier molecular flexibility index (Phi) is 5.02. The van der Waals surface area contributed by atoms with Crippen LogP contribution in [0.1, 0.15) is 33.6 Å². The Hall–Kier alpha value is -3.27. The third-order valence-corrected chi connectivity index (χ3v) is 4.89. The first-order valence-corrected chi connectivity index (χ1v) is 9.52. The van der Waals surface area contributed by atoms with Crippen molar-refractivity contribution >= 4 is 0 Å². The number of pyridine rings is 2. The van der Waals surface area contributed by atoms with Crippen LogP contribution >= 0.6 is 0 Å². The zero-order valence-corrected chi connectivity index (χ0v) is 16.6. The standard InChI is InChI=1S/C24H24N4/c1-17-6-4-8-20(10-17)12-22-14-25-16-28(22)15-21-11-18(2)24(26-13-21)23-9-5-7-19(3)27-23/h4-11,13-14,16H,12,15H2,1-3H3. The van der Waals surface area contributed by atoms with E-state index in [1.807, 2.05) is 43.8 Å². The quantitative estimate of drug-likeness (QED) is 0.503. The van der Waals surface area contributed by atoms with Gasteiger partial charge in [-0.1, -0.05) is 42.0 Å². The number of hydrogen-bond donors (Lipinski definition) is 0. The van der Waals surface area contributed by atoms with Gasteiger partial charge in [0.25, 0.3) is 0 Å². The van der Waals surface area contributed by atoms with E-state index in [1.165, 1.54) is 16.8 Å². The van der Waals surface area contributed by atoms with Gasteiger partial charge in [-0.2, -0.15) is 0 Å². The third-order valence-electron chi connectivity index (χ3n) is 4.89.